The van der Waals surface area contributed by atoms with E-state index in [1.807, 2.05) is 28.9 Å². The van der Waals surface area contributed by atoms with E-state index in [1.54, 1.807) is 36.8 Å². The summed E-state index contributed by atoms with van der Waals surface area (Å²) in [4.78, 5) is 23.1. The molecule has 3 rings (SSSR count). The second kappa shape index (κ2) is 12.1. The van der Waals surface area contributed by atoms with E-state index in [4.69, 9.17) is 9.72 Å². The number of hydrogen-bond donors (Lipinski definition) is 2. The molecule has 2 aromatic heterocycles. The minimum absolute atomic E-state index is 0.0781. The molecule has 8 nitrogen and oxygen atoms in total. The van der Waals surface area contributed by atoms with E-state index in [9.17, 15) is 4.79 Å². The van der Waals surface area contributed by atoms with Crippen LogP contribution in [0, 0.1) is 0 Å². The third-order valence-corrected chi connectivity index (χ3v) is 6.28. The second-order valence-corrected chi connectivity index (χ2v) is 10.1. The molecule has 172 valence electrons. The monoisotopic (exact) mass is 474 g/mol. The maximum atomic E-state index is 12.7. The Morgan fingerprint density at radius 1 is 1.22 bits per heavy atom. The van der Waals surface area contributed by atoms with E-state index in [0.29, 0.717) is 42.2 Å². The number of amides is 1. The molecule has 0 atom stereocenters. The van der Waals surface area contributed by atoms with Crippen LogP contribution < -0.4 is 10.6 Å². The van der Waals surface area contributed by atoms with Crippen LogP contribution in [-0.2, 0) is 11.3 Å². The highest BCUT2D eigenvalue weighted by molar-refractivity contribution is 7.99. The van der Waals surface area contributed by atoms with Gasteiger partial charge in [-0.15, -0.1) is 11.8 Å². The zero-order valence-electron chi connectivity index (χ0n) is 18.9. The van der Waals surface area contributed by atoms with Crippen molar-refractivity contribution >= 4 is 46.3 Å². The average molecular weight is 475 g/mol. The van der Waals surface area contributed by atoms with Gasteiger partial charge in [0.25, 0.3) is 5.91 Å². The molecule has 32 heavy (non-hydrogen) atoms. The summed E-state index contributed by atoms with van der Waals surface area (Å²) in [5.74, 6) is 1.59. The number of benzene rings is 1. The quantitative estimate of drug-likeness (QED) is 0.232. The van der Waals surface area contributed by atoms with E-state index in [2.05, 4.69) is 41.5 Å². The summed E-state index contributed by atoms with van der Waals surface area (Å²) < 4.78 is 6.95. The summed E-state index contributed by atoms with van der Waals surface area (Å²) in [6, 6.07) is 7.68. The summed E-state index contributed by atoms with van der Waals surface area (Å²) >= 11 is 3.27. The lowest BCUT2D eigenvalue weighted by Gasteiger charge is -2.11. The Balaban J connectivity index is 1.74. The lowest BCUT2D eigenvalue weighted by atomic mass is 10.2. The Morgan fingerprint density at radius 3 is 2.78 bits per heavy atom. The number of methoxy groups -OCH3 is 1. The van der Waals surface area contributed by atoms with Crippen LogP contribution in [0.15, 0.2) is 40.5 Å². The predicted molar refractivity (Wildman–Crippen MR) is 132 cm³/mol. The summed E-state index contributed by atoms with van der Waals surface area (Å²) in [6.45, 7) is 8.48. The Bertz CT molecular complexity index is 1040. The van der Waals surface area contributed by atoms with Crippen molar-refractivity contribution in [2.45, 2.75) is 42.6 Å². The smallest absolute Gasteiger partial charge is 0.252 e. The van der Waals surface area contributed by atoms with Crippen molar-refractivity contribution in [1.82, 2.24) is 25.1 Å². The molecule has 0 saturated carbocycles. The van der Waals surface area contributed by atoms with Gasteiger partial charge in [0.15, 0.2) is 10.8 Å². The number of aromatic nitrogens is 4. The molecule has 1 aromatic carbocycles. The molecular formula is C22H30N6O2S2. The molecule has 0 aliphatic rings. The summed E-state index contributed by atoms with van der Waals surface area (Å²) in [6.07, 6.45) is 1.77. The number of carbonyl (C=O) groups is 1. The van der Waals surface area contributed by atoms with Gasteiger partial charge in [-0.05, 0) is 17.9 Å². The second-order valence-electron chi connectivity index (χ2n) is 7.23. The maximum Gasteiger partial charge on any atom is 0.252 e. The fraction of sp³-hybridized carbons (Fsp3) is 0.455. The van der Waals surface area contributed by atoms with Crippen LogP contribution >= 0.6 is 23.5 Å². The van der Waals surface area contributed by atoms with Crippen molar-refractivity contribution in [3.05, 3.63) is 36.0 Å². The Labute approximate surface area is 197 Å². The number of anilines is 1. The third-order valence-electron chi connectivity index (χ3n) is 4.46. The van der Waals surface area contributed by atoms with Gasteiger partial charge in [-0.2, -0.15) is 5.10 Å². The number of nitrogens with zero attached hydrogens (tertiary/aromatic N) is 4. The Hall–Kier alpha value is -2.30. The molecule has 0 radical (unpaired) electrons. The molecule has 0 aliphatic heterocycles. The molecule has 0 fully saturated rings. The largest absolute Gasteiger partial charge is 0.383 e. The van der Waals surface area contributed by atoms with Gasteiger partial charge in [0.2, 0.25) is 0 Å². The number of nitrogens with one attached hydrogen (secondary N) is 2. The zero-order chi connectivity index (χ0) is 22.9. The van der Waals surface area contributed by atoms with Crippen LogP contribution in [0.4, 0.5) is 5.82 Å². The number of hydrogen-bond acceptors (Lipinski definition) is 8. The first-order valence-corrected chi connectivity index (χ1v) is 12.5. The average Bonchev–Trinajstić information content (AvgIpc) is 3.17. The van der Waals surface area contributed by atoms with Gasteiger partial charge < -0.3 is 15.4 Å². The zero-order valence-corrected chi connectivity index (χ0v) is 20.6. The van der Waals surface area contributed by atoms with Crippen molar-refractivity contribution in [3.8, 4) is 0 Å². The fourth-order valence-corrected chi connectivity index (χ4v) is 4.58. The van der Waals surface area contributed by atoms with Gasteiger partial charge >= 0.3 is 0 Å². The van der Waals surface area contributed by atoms with E-state index in [-0.39, 0.29) is 5.91 Å². The summed E-state index contributed by atoms with van der Waals surface area (Å²) in [5, 5.41) is 12.7. The van der Waals surface area contributed by atoms with E-state index >= 15 is 0 Å². The van der Waals surface area contributed by atoms with Crippen LogP contribution in [0.5, 0.6) is 0 Å². The van der Waals surface area contributed by atoms with Gasteiger partial charge in [0, 0.05) is 30.3 Å². The van der Waals surface area contributed by atoms with Crippen LogP contribution in [0.1, 0.15) is 31.1 Å². The molecule has 0 bridgehead atoms. The predicted octanol–water partition coefficient (Wildman–Crippen LogP) is 3.93. The van der Waals surface area contributed by atoms with E-state index < -0.39 is 0 Å². The van der Waals surface area contributed by atoms with Gasteiger partial charge in [0.05, 0.1) is 30.3 Å². The van der Waals surface area contributed by atoms with Gasteiger partial charge in [0.1, 0.15) is 5.82 Å². The van der Waals surface area contributed by atoms with Crippen LogP contribution in [0.25, 0.3) is 11.0 Å². The summed E-state index contributed by atoms with van der Waals surface area (Å²) in [5.41, 5.74) is 1.45. The van der Waals surface area contributed by atoms with Crippen LogP contribution in [0.2, 0.25) is 0 Å². The van der Waals surface area contributed by atoms with Crippen LogP contribution in [-0.4, -0.2) is 63.5 Å². The molecule has 0 spiro atoms. The highest BCUT2D eigenvalue weighted by Crippen LogP contribution is 2.26. The van der Waals surface area contributed by atoms with E-state index in [0.717, 1.165) is 27.5 Å². The first-order chi connectivity index (χ1) is 15.5. The van der Waals surface area contributed by atoms with Gasteiger partial charge in [-0.25, -0.2) is 14.6 Å². The number of thioether (sulfide) groups is 2. The minimum atomic E-state index is -0.0781. The number of fused-ring (bicyclic) bond motifs is 1. The molecule has 0 unspecified atom stereocenters. The standard InChI is InChI=1S/C22H30N6O2S2/c1-5-31-18-9-7-6-8-16(18)21(29)24-10-12-28-20-17(14-25-28)19(23-11-13-30-4)26-22(27-20)32-15(2)3/h6-9,14-15H,5,10-13H2,1-4H3,(H,24,29)(H,23,26,27). The number of rotatable bonds is 12. The molecule has 0 saturated heterocycles. The third kappa shape index (κ3) is 6.36. The highest BCUT2D eigenvalue weighted by Gasteiger charge is 2.15. The summed E-state index contributed by atoms with van der Waals surface area (Å²) in [7, 11) is 1.67. The maximum absolute atomic E-state index is 12.7. The number of ether oxygens (including phenoxy) is 1. The molecule has 2 heterocycles. The van der Waals surface area contributed by atoms with Crippen molar-refractivity contribution in [2.75, 3.05) is 37.9 Å². The topological polar surface area (TPSA) is 94.0 Å². The SMILES string of the molecule is CCSc1ccccc1C(=O)NCCn1ncc2c(NCCOC)nc(SC(C)C)nc21. The van der Waals surface area contributed by atoms with Crippen molar-refractivity contribution < 1.29 is 9.53 Å². The fourth-order valence-electron chi connectivity index (χ4n) is 3.07. The first-order valence-electron chi connectivity index (χ1n) is 10.7. The molecule has 3 aromatic rings. The molecule has 0 aliphatic carbocycles. The molecule has 2 N–H and O–H groups in total. The molecule has 1 amide bonds. The molecular weight excluding hydrogens is 444 g/mol. The highest BCUT2D eigenvalue weighted by atomic mass is 32.2. The minimum Gasteiger partial charge on any atom is -0.383 e. The van der Waals surface area contributed by atoms with Crippen molar-refractivity contribution in [1.29, 1.82) is 0 Å². The Morgan fingerprint density at radius 2 is 2.03 bits per heavy atom. The Kier molecular flexibility index (Phi) is 9.19. The molecule has 10 heteroatoms. The van der Waals surface area contributed by atoms with Crippen LogP contribution in [0.3, 0.4) is 0 Å². The number of carbonyl (C=O) groups excluding carboxylic acids is 1. The van der Waals surface area contributed by atoms with Gasteiger partial charge in [-0.3, -0.25) is 4.79 Å². The van der Waals surface area contributed by atoms with Crippen molar-refractivity contribution in [3.63, 3.8) is 0 Å². The van der Waals surface area contributed by atoms with E-state index in [1.165, 1.54) is 0 Å². The lowest BCUT2D eigenvalue weighted by molar-refractivity contribution is 0.0949. The van der Waals surface area contributed by atoms with Crippen molar-refractivity contribution in [2.24, 2.45) is 0 Å². The normalized spacial score (nSPS) is 11.3. The first kappa shape index (κ1) is 24.3. The van der Waals surface area contributed by atoms with Gasteiger partial charge in [-0.1, -0.05) is 44.7 Å². The lowest BCUT2D eigenvalue weighted by Crippen LogP contribution is -2.28.